The Labute approximate surface area is 174 Å². The monoisotopic (exact) mass is 422 g/mol. The van der Waals surface area contributed by atoms with Crippen molar-refractivity contribution in [2.24, 2.45) is 0 Å². The Morgan fingerprint density at radius 1 is 1.18 bits per heavy atom. The van der Waals surface area contributed by atoms with Crippen LogP contribution < -0.4 is 5.32 Å². The molecule has 2 amide bonds. The fraction of sp³-hybridized carbons (Fsp3) is 0.333. The van der Waals surface area contributed by atoms with Crippen molar-refractivity contribution in [3.63, 3.8) is 0 Å². The van der Waals surface area contributed by atoms with Gasteiger partial charge < -0.3 is 10.2 Å². The Morgan fingerprint density at radius 3 is 2.50 bits per heavy atom. The van der Waals surface area contributed by atoms with E-state index in [1.807, 2.05) is 19.1 Å². The first-order valence-electron chi connectivity index (χ1n) is 9.05. The van der Waals surface area contributed by atoms with Crippen LogP contribution in [0, 0.1) is 5.82 Å². The second-order valence-electron chi connectivity index (χ2n) is 6.30. The maximum atomic E-state index is 13.7. The minimum Gasteiger partial charge on any atom is -0.355 e. The molecular weight excluding hydrogens is 399 g/mol. The maximum absolute atomic E-state index is 13.7. The average Bonchev–Trinajstić information content (AvgIpc) is 2.68. The SMILES string of the molecule is CCNC(=O)[C@@H](C)N(Cc1ccc(Cl)cc1)C(=O)CSCc1ccccc1F. The van der Waals surface area contributed by atoms with Gasteiger partial charge in [0.05, 0.1) is 5.75 Å². The second kappa shape index (κ2) is 11.1. The highest BCUT2D eigenvalue weighted by atomic mass is 35.5. The lowest BCUT2D eigenvalue weighted by Gasteiger charge is -2.28. The van der Waals surface area contributed by atoms with Crippen LogP contribution in [0.3, 0.4) is 0 Å². The minimum atomic E-state index is -0.614. The Bertz CT molecular complexity index is 801. The molecule has 7 heteroatoms. The van der Waals surface area contributed by atoms with Crippen LogP contribution in [0.4, 0.5) is 4.39 Å². The molecule has 0 aliphatic carbocycles. The molecule has 28 heavy (non-hydrogen) atoms. The zero-order valence-electron chi connectivity index (χ0n) is 16.0. The third kappa shape index (κ3) is 6.53. The molecule has 150 valence electrons. The Hall–Kier alpha value is -2.05. The molecule has 0 aliphatic rings. The molecule has 0 fully saturated rings. The quantitative estimate of drug-likeness (QED) is 0.656. The summed E-state index contributed by atoms with van der Waals surface area (Å²) in [6.45, 7) is 4.34. The molecule has 0 heterocycles. The topological polar surface area (TPSA) is 49.4 Å². The zero-order valence-corrected chi connectivity index (χ0v) is 17.5. The normalized spacial score (nSPS) is 11.7. The van der Waals surface area contributed by atoms with Gasteiger partial charge in [0.15, 0.2) is 0 Å². The second-order valence-corrected chi connectivity index (χ2v) is 7.72. The summed E-state index contributed by atoms with van der Waals surface area (Å²) >= 11 is 7.25. The van der Waals surface area contributed by atoms with E-state index in [2.05, 4.69) is 5.32 Å². The fourth-order valence-corrected chi connectivity index (χ4v) is 3.66. The van der Waals surface area contributed by atoms with Gasteiger partial charge in [-0.25, -0.2) is 4.39 Å². The van der Waals surface area contributed by atoms with Crippen molar-refractivity contribution in [1.29, 1.82) is 0 Å². The van der Waals surface area contributed by atoms with Gasteiger partial charge in [-0.1, -0.05) is 41.9 Å². The number of hydrogen-bond acceptors (Lipinski definition) is 3. The van der Waals surface area contributed by atoms with Gasteiger partial charge >= 0.3 is 0 Å². The van der Waals surface area contributed by atoms with E-state index in [-0.39, 0.29) is 23.4 Å². The molecular formula is C21H24ClFN2O2S. The fourth-order valence-electron chi connectivity index (χ4n) is 2.64. The highest BCUT2D eigenvalue weighted by molar-refractivity contribution is 7.99. The van der Waals surface area contributed by atoms with E-state index in [0.29, 0.717) is 29.4 Å². The maximum Gasteiger partial charge on any atom is 0.242 e. The molecule has 2 aromatic carbocycles. The van der Waals surface area contributed by atoms with E-state index in [9.17, 15) is 14.0 Å². The summed E-state index contributed by atoms with van der Waals surface area (Å²) in [5.74, 6) is -0.107. The van der Waals surface area contributed by atoms with Gasteiger partial charge in [0, 0.05) is 23.9 Å². The molecule has 0 saturated carbocycles. The number of likely N-dealkylation sites (N-methyl/N-ethyl adjacent to an activating group) is 1. The highest BCUT2D eigenvalue weighted by Crippen LogP contribution is 2.18. The molecule has 0 aliphatic heterocycles. The molecule has 0 saturated heterocycles. The third-order valence-corrected chi connectivity index (χ3v) is 5.44. The number of carbonyl (C=O) groups is 2. The summed E-state index contributed by atoms with van der Waals surface area (Å²) in [7, 11) is 0. The van der Waals surface area contributed by atoms with Crippen LogP contribution in [0.5, 0.6) is 0 Å². The number of benzene rings is 2. The summed E-state index contributed by atoms with van der Waals surface area (Å²) in [6.07, 6.45) is 0. The predicted molar refractivity (Wildman–Crippen MR) is 113 cm³/mol. The molecule has 0 aromatic heterocycles. The Kier molecular flexibility index (Phi) is 8.80. The summed E-state index contributed by atoms with van der Waals surface area (Å²) in [6, 6.07) is 13.1. The number of rotatable bonds is 9. The van der Waals surface area contributed by atoms with Gasteiger partial charge in [-0.05, 0) is 43.2 Å². The lowest BCUT2D eigenvalue weighted by molar-refractivity contribution is -0.138. The zero-order chi connectivity index (χ0) is 20.5. The minimum absolute atomic E-state index is 0.158. The van der Waals surface area contributed by atoms with Gasteiger partial charge in [-0.15, -0.1) is 11.8 Å². The van der Waals surface area contributed by atoms with Crippen molar-refractivity contribution in [3.05, 3.63) is 70.5 Å². The highest BCUT2D eigenvalue weighted by Gasteiger charge is 2.25. The summed E-state index contributed by atoms with van der Waals surface area (Å²) in [5, 5.41) is 3.36. The number of nitrogens with zero attached hydrogens (tertiary/aromatic N) is 1. The number of amides is 2. The molecule has 0 radical (unpaired) electrons. The van der Waals surface area contributed by atoms with Crippen LogP contribution >= 0.6 is 23.4 Å². The molecule has 2 aromatic rings. The van der Waals surface area contributed by atoms with Crippen molar-refractivity contribution in [3.8, 4) is 0 Å². The van der Waals surface area contributed by atoms with Gasteiger partial charge in [0.1, 0.15) is 11.9 Å². The number of halogens is 2. The van der Waals surface area contributed by atoms with Crippen LogP contribution in [0.2, 0.25) is 5.02 Å². The van der Waals surface area contributed by atoms with Crippen LogP contribution in [0.25, 0.3) is 0 Å². The van der Waals surface area contributed by atoms with Crippen molar-refractivity contribution < 1.29 is 14.0 Å². The number of nitrogens with one attached hydrogen (secondary N) is 1. The molecule has 0 unspecified atom stereocenters. The van der Waals surface area contributed by atoms with Crippen molar-refractivity contribution in [1.82, 2.24) is 10.2 Å². The first-order chi connectivity index (χ1) is 13.4. The summed E-state index contributed by atoms with van der Waals surface area (Å²) in [5.41, 5.74) is 1.44. The molecule has 1 atom stereocenters. The first-order valence-corrected chi connectivity index (χ1v) is 10.6. The lowest BCUT2D eigenvalue weighted by atomic mass is 10.1. The van der Waals surface area contributed by atoms with E-state index in [1.165, 1.54) is 17.8 Å². The van der Waals surface area contributed by atoms with Crippen LogP contribution in [0.15, 0.2) is 48.5 Å². The molecule has 0 spiro atoms. The van der Waals surface area contributed by atoms with E-state index >= 15 is 0 Å². The first kappa shape index (κ1) is 22.2. The van der Waals surface area contributed by atoms with E-state index < -0.39 is 6.04 Å². The predicted octanol–water partition coefficient (Wildman–Crippen LogP) is 4.27. The van der Waals surface area contributed by atoms with E-state index in [1.54, 1.807) is 42.2 Å². The molecule has 4 nitrogen and oxygen atoms in total. The molecule has 1 N–H and O–H groups in total. The lowest BCUT2D eigenvalue weighted by Crippen LogP contribution is -2.48. The average molecular weight is 423 g/mol. The largest absolute Gasteiger partial charge is 0.355 e. The van der Waals surface area contributed by atoms with Crippen LogP contribution in [0.1, 0.15) is 25.0 Å². The standard InChI is InChI=1S/C21H24ClFN2O2S/c1-3-24-21(27)15(2)25(12-16-8-10-18(22)11-9-16)20(26)14-28-13-17-6-4-5-7-19(17)23/h4-11,15H,3,12-14H2,1-2H3,(H,24,27)/t15-/m1/s1. The van der Waals surface area contributed by atoms with Crippen LogP contribution in [-0.2, 0) is 21.9 Å². The van der Waals surface area contributed by atoms with Crippen LogP contribution in [-0.4, -0.2) is 35.1 Å². The molecule has 0 bridgehead atoms. The van der Waals surface area contributed by atoms with Gasteiger partial charge in [0.2, 0.25) is 11.8 Å². The van der Waals surface area contributed by atoms with Crippen molar-refractivity contribution in [2.45, 2.75) is 32.2 Å². The summed E-state index contributed by atoms with van der Waals surface area (Å²) < 4.78 is 13.7. The van der Waals surface area contributed by atoms with Gasteiger partial charge in [-0.3, -0.25) is 9.59 Å². The Morgan fingerprint density at radius 2 is 1.86 bits per heavy atom. The number of hydrogen-bond donors (Lipinski definition) is 1. The van der Waals surface area contributed by atoms with Crippen molar-refractivity contribution >= 4 is 35.2 Å². The van der Waals surface area contributed by atoms with E-state index in [4.69, 9.17) is 11.6 Å². The van der Waals surface area contributed by atoms with E-state index in [0.717, 1.165) is 5.56 Å². The summed E-state index contributed by atoms with van der Waals surface area (Å²) in [4.78, 5) is 26.7. The number of carbonyl (C=O) groups excluding carboxylic acids is 2. The van der Waals surface area contributed by atoms with Gasteiger partial charge in [-0.2, -0.15) is 0 Å². The van der Waals surface area contributed by atoms with Crippen molar-refractivity contribution in [2.75, 3.05) is 12.3 Å². The number of thioether (sulfide) groups is 1. The Balaban J connectivity index is 2.05. The van der Waals surface area contributed by atoms with Gasteiger partial charge in [0.25, 0.3) is 0 Å². The molecule has 2 rings (SSSR count). The third-order valence-electron chi connectivity index (χ3n) is 4.23. The smallest absolute Gasteiger partial charge is 0.242 e.